The lowest BCUT2D eigenvalue weighted by Crippen LogP contribution is -2.38. The predicted octanol–water partition coefficient (Wildman–Crippen LogP) is 1.11. The Morgan fingerprint density at radius 3 is 3.18 bits per heavy atom. The lowest BCUT2D eigenvalue weighted by Gasteiger charge is -2.33. The number of rotatable bonds is 3. The van der Waals surface area contributed by atoms with Crippen LogP contribution >= 0.6 is 0 Å². The second kappa shape index (κ2) is 5.02. The van der Waals surface area contributed by atoms with E-state index in [0.717, 1.165) is 30.7 Å². The van der Waals surface area contributed by atoms with Gasteiger partial charge in [-0.1, -0.05) is 6.08 Å². The molecule has 0 bridgehead atoms. The van der Waals surface area contributed by atoms with Gasteiger partial charge in [-0.05, 0) is 19.3 Å². The number of nitrogens with zero attached hydrogens (tertiary/aromatic N) is 3. The van der Waals surface area contributed by atoms with Crippen LogP contribution in [0, 0.1) is 11.3 Å². The van der Waals surface area contributed by atoms with Crippen LogP contribution in [0.3, 0.4) is 0 Å². The summed E-state index contributed by atoms with van der Waals surface area (Å²) in [6, 6.07) is 2.05. The molecule has 90 valence electrons. The van der Waals surface area contributed by atoms with E-state index in [2.05, 4.69) is 17.1 Å². The molecule has 0 aromatic carbocycles. The molecule has 0 spiro atoms. The molecule has 5 heteroatoms. The number of nitriles is 1. The Morgan fingerprint density at radius 2 is 2.47 bits per heavy atom. The van der Waals surface area contributed by atoms with Crippen molar-refractivity contribution >= 4 is 5.71 Å². The first-order chi connectivity index (χ1) is 8.27. The molecule has 0 aromatic heterocycles. The Bertz CT molecular complexity index is 442. The molecule has 0 atom stereocenters. The summed E-state index contributed by atoms with van der Waals surface area (Å²) >= 11 is 0. The highest BCUT2D eigenvalue weighted by atomic mass is 16.5. The molecule has 0 aromatic rings. The van der Waals surface area contributed by atoms with Crippen molar-refractivity contribution in [3.05, 3.63) is 23.3 Å². The topological polar surface area (TPSA) is 74.6 Å². The molecule has 0 radical (unpaired) electrons. The first-order valence-corrected chi connectivity index (χ1v) is 5.72. The van der Waals surface area contributed by atoms with Crippen molar-refractivity contribution in [3.8, 4) is 6.07 Å². The minimum Gasteiger partial charge on any atom is -0.383 e. The molecular weight excluding hydrogens is 216 g/mol. The largest absolute Gasteiger partial charge is 0.383 e. The number of ether oxygens (including phenoxy) is 1. The van der Waals surface area contributed by atoms with Crippen LogP contribution < -0.4 is 5.73 Å². The van der Waals surface area contributed by atoms with Crippen LogP contribution in [-0.2, 0) is 4.74 Å². The first kappa shape index (κ1) is 11.7. The Balaban J connectivity index is 2.34. The molecule has 0 saturated heterocycles. The van der Waals surface area contributed by atoms with Crippen LogP contribution in [0.4, 0.5) is 0 Å². The molecule has 1 aliphatic heterocycles. The van der Waals surface area contributed by atoms with Crippen molar-refractivity contribution in [2.75, 3.05) is 20.3 Å². The first-order valence-electron chi connectivity index (χ1n) is 5.72. The maximum atomic E-state index is 9.02. The fraction of sp³-hybridized carbons (Fsp3) is 0.500. The van der Waals surface area contributed by atoms with Crippen molar-refractivity contribution in [3.63, 3.8) is 0 Å². The van der Waals surface area contributed by atoms with E-state index >= 15 is 0 Å². The fourth-order valence-electron chi connectivity index (χ4n) is 2.09. The van der Waals surface area contributed by atoms with Gasteiger partial charge in [0.05, 0.1) is 18.0 Å². The lowest BCUT2D eigenvalue weighted by molar-refractivity contribution is 0.176. The summed E-state index contributed by atoms with van der Waals surface area (Å²) in [5.41, 5.74) is 8.29. The standard InChI is InChI=1S/C12H16N4O/c1-17-7-6-16-11-5-3-2-4-9(11)15-10(8-13)12(16)14/h5H,2-4,6-7,14H2,1H3. The van der Waals surface area contributed by atoms with E-state index in [9.17, 15) is 0 Å². The Hall–Kier alpha value is -1.80. The van der Waals surface area contributed by atoms with Gasteiger partial charge in [0.2, 0.25) is 0 Å². The predicted molar refractivity (Wildman–Crippen MR) is 64.8 cm³/mol. The van der Waals surface area contributed by atoms with Crippen LogP contribution in [0.2, 0.25) is 0 Å². The van der Waals surface area contributed by atoms with E-state index < -0.39 is 0 Å². The van der Waals surface area contributed by atoms with Crippen molar-refractivity contribution < 1.29 is 4.74 Å². The van der Waals surface area contributed by atoms with Gasteiger partial charge < -0.3 is 15.4 Å². The van der Waals surface area contributed by atoms with E-state index in [1.54, 1.807) is 7.11 Å². The van der Waals surface area contributed by atoms with Crippen LogP contribution in [-0.4, -0.2) is 30.9 Å². The van der Waals surface area contributed by atoms with Crippen molar-refractivity contribution in [1.82, 2.24) is 4.90 Å². The summed E-state index contributed by atoms with van der Waals surface area (Å²) in [5.74, 6) is 0.432. The Morgan fingerprint density at radius 1 is 1.65 bits per heavy atom. The van der Waals surface area contributed by atoms with Gasteiger partial charge in [-0.15, -0.1) is 0 Å². The maximum absolute atomic E-state index is 9.02. The molecule has 0 unspecified atom stereocenters. The summed E-state index contributed by atoms with van der Waals surface area (Å²) in [5, 5.41) is 9.02. The lowest BCUT2D eigenvalue weighted by atomic mass is 9.99. The van der Waals surface area contributed by atoms with E-state index in [1.165, 1.54) is 0 Å². The maximum Gasteiger partial charge on any atom is 0.181 e. The Labute approximate surface area is 101 Å². The second-order valence-corrected chi connectivity index (χ2v) is 4.03. The summed E-state index contributed by atoms with van der Waals surface area (Å²) in [7, 11) is 1.65. The van der Waals surface area contributed by atoms with Gasteiger partial charge in [0.25, 0.3) is 0 Å². The number of hydrogen-bond donors (Lipinski definition) is 1. The monoisotopic (exact) mass is 232 g/mol. The van der Waals surface area contributed by atoms with E-state index in [4.69, 9.17) is 15.7 Å². The van der Waals surface area contributed by atoms with Gasteiger partial charge in [0.15, 0.2) is 5.70 Å². The number of allylic oxidation sites excluding steroid dienone is 3. The van der Waals surface area contributed by atoms with E-state index in [1.807, 2.05) is 4.90 Å². The highest BCUT2D eigenvalue weighted by Gasteiger charge is 2.26. The van der Waals surface area contributed by atoms with Crippen LogP contribution in [0.5, 0.6) is 0 Å². The molecule has 0 saturated carbocycles. The third-order valence-corrected chi connectivity index (χ3v) is 2.95. The second-order valence-electron chi connectivity index (χ2n) is 4.03. The van der Waals surface area contributed by atoms with Gasteiger partial charge in [-0.2, -0.15) is 5.26 Å². The molecule has 2 N–H and O–H groups in total. The van der Waals surface area contributed by atoms with E-state index in [-0.39, 0.29) is 0 Å². The van der Waals surface area contributed by atoms with Crippen molar-refractivity contribution in [2.45, 2.75) is 19.3 Å². The molecular formula is C12H16N4O. The molecule has 2 rings (SSSR count). The third-order valence-electron chi connectivity index (χ3n) is 2.95. The molecule has 0 amide bonds. The van der Waals surface area contributed by atoms with Crippen molar-refractivity contribution in [1.29, 1.82) is 5.26 Å². The Kier molecular flexibility index (Phi) is 3.45. The smallest absolute Gasteiger partial charge is 0.181 e. The zero-order valence-corrected chi connectivity index (χ0v) is 9.94. The summed E-state index contributed by atoms with van der Waals surface area (Å²) in [4.78, 5) is 6.26. The van der Waals surface area contributed by atoms with Crippen LogP contribution in [0.1, 0.15) is 19.3 Å². The number of methoxy groups -OCH3 is 1. The van der Waals surface area contributed by atoms with Gasteiger partial charge in [-0.3, -0.25) is 0 Å². The van der Waals surface area contributed by atoms with E-state index in [0.29, 0.717) is 24.7 Å². The van der Waals surface area contributed by atoms with Crippen molar-refractivity contribution in [2.24, 2.45) is 10.7 Å². The number of nitrogens with two attached hydrogens (primary N) is 1. The quantitative estimate of drug-likeness (QED) is 0.791. The average molecular weight is 232 g/mol. The minimum atomic E-state index is 0.315. The van der Waals surface area contributed by atoms with Gasteiger partial charge >= 0.3 is 0 Å². The number of aliphatic imine (C=N–C) groups is 1. The molecule has 2 aliphatic rings. The molecule has 1 aliphatic carbocycles. The number of fused-ring (bicyclic) bond motifs is 1. The number of hydrogen-bond acceptors (Lipinski definition) is 5. The van der Waals surface area contributed by atoms with Crippen LogP contribution in [0.25, 0.3) is 0 Å². The summed E-state index contributed by atoms with van der Waals surface area (Å²) < 4.78 is 5.07. The fourth-order valence-corrected chi connectivity index (χ4v) is 2.09. The SMILES string of the molecule is COCCN1C2=CCCCC2=NC(C#N)=C1N. The normalized spacial score (nSPS) is 19.4. The third kappa shape index (κ3) is 2.17. The minimum absolute atomic E-state index is 0.315. The zero-order chi connectivity index (χ0) is 12.3. The van der Waals surface area contributed by atoms with Gasteiger partial charge in [-0.25, -0.2) is 4.99 Å². The van der Waals surface area contributed by atoms with Gasteiger partial charge in [0.1, 0.15) is 11.9 Å². The average Bonchev–Trinajstić information content (AvgIpc) is 2.37. The van der Waals surface area contributed by atoms with Gasteiger partial charge in [0, 0.05) is 13.7 Å². The summed E-state index contributed by atoms with van der Waals surface area (Å²) in [6.45, 7) is 1.22. The summed E-state index contributed by atoms with van der Waals surface area (Å²) in [6.07, 6.45) is 5.17. The molecule has 0 fully saturated rings. The molecule has 5 nitrogen and oxygen atoms in total. The zero-order valence-electron chi connectivity index (χ0n) is 9.94. The molecule has 17 heavy (non-hydrogen) atoms. The highest BCUT2D eigenvalue weighted by Crippen LogP contribution is 2.27. The molecule has 1 heterocycles. The van der Waals surface area contributed by atoms with Crippen LogP contribution in [0.15, 0.2) is 28.3 Å². The highest BCUT2D eigenvalue weighted by molar-refractivity contribution is 6.02.